The molecule has 1 amide bonds. The second-order valence-electron chi connectivity index (χ2n) is 17.1. The minimum Gasteiger partial charge on any atom is -0.421 e. The molecule has 408 valence electrons. The van der Waals surface area contributed by atoms with Crippen molar-refractivity contribution in [3.63, 3.8) is 0 Å². The van der Waals surface area contributed by atoms with Gasteiger partial charge >= 0.3 is 5.97 Å². The van der Waals surface area contributed by atoms with E-state index in [4.69, 9.17) is 62.3 Å². The lowest BCUT2D eigenvalue weighted by molar-refractivity contribution is -0.132. The lowest BCUT2D eigenvalue weighted by atomic mass is 9.88. The third-order valence-electron chi connectivity index (χ3n) is 11.4. The van der Waals surface area contributed by atoms with Gasteiger partial charge in [-0.05, 0) is 139 Å². The van der Waals surface area contributed by atoms with Gasteiger partial charge in [0, 0.05) is 39.6 Å². The molecule has 6 N–H and O–H groups in total. The van der Waals surface area contributed by atoms with Crippen molar-refractivity contribution in [2.75, 3.05) is 20.5 Å². The number of aryl methyl sites for hydroxylation is 2. The van der Waals surface area contributed by atoms with Crippen LogP contribution in [0.25, 0.3) is 16.3 Å². The number of aromatic nitrogens is 2. The Morgan fingerprint density at radius 1 is 0.675 bits per heavy atom. The molecular weight excluding hydrogens is 1180 g/mol. The monoisotopic (exact) mass is 1230 g/mol. The van der Waals surface area contributed by atoms with Crippen LogP contribution < -0.4 is 25.2 Å². The zero-order valence-electron chi connectivity index (χ0n) is 41.9. The Bertz CT molecular complexity index is 4040. The molecule has 0 unspecified atom stereocenters. The summed E-state index contributed by atoms with van der Waals surface area (Å²) in [4.78, 5) is 30.0. The smallest absolute Gasteiger partial charge is 0.344 e. The zero-order valence-corrected chi connectivity index (χ0v) is 48.2. The predicted octanol–water partition coefficient (Wildman–Crippen LogP) is 14.9. The molecule has 18 nitrogen and oxygen atoms in total. The van der Waals surface area contributed by atoms with Crippen LogP contribution in [0.2, 0.25) is 0 Å². The maximum Gasteiger partial charge on any atom is 0.344 e. The molecule has 2 aromatic heterocycles. The van der Waals surface area contributed by atoms with Gasteiger partial charge in [0.25, 0.3) is 26.0 Å². The highest BCUT2D eigenvalue weighted by Gasteiger charge is 2.24. The first-order valence-corrected chi connectivity index (χ1v) is 29.8. The molecule has 1 aliphatic rings. The quantitative estimate of drug-likeness (QED) is 0.0201. The number of hydrogen-bond acceptors (Lipinski definition) is 17. The second-order valence-corrected chi connectivity index (χ2v) is 24.4. The average molecular weight is 1230 g/mol. The van der Waals surface area contributed by atoms with E-state index in [1.165, 1.54) is 102 Å². The van der Waals surface area contributed by atoms with Crippen LogP contribution in [-0.2, 0) is 29.6 Å². The number of fused-ring (bicyclic) bond motifs is 1. The molecule has 0 atom stereocenters. The topological polar surface area (TPSA) is 273 Å². The number of esters is 1. The number of carbonyl (C=O) groups excluding carboxylic acids is 2. The minimum absolute atomic E-state index is 0.0514. The van der Waals surface area contributed by atoms with E-state index in [1.807, 2.05) is 32.1 Å². The molecule has 0 saturated carbocycles. The molecule has 0 fully saturated rings. The van der Waals surface area contributed by atoms with Gasteiger partial charge in [-0.3, -0.25) is 14.2 Å². The summed E-state index contributed by atoms with van der Waals surface area (Å²) < 4.78 is 61.6. The number of alkyl halides is 4. The number of anilines is 4. The van der Waals surface area contributed by atoms with Gasteiger partial charge in [-0.2, -0.15) is 10.2 Å². The van der Waals surface area contributed by atoms with Gasteiger partial charge in [-0.15, -0.1) is 32.9 Å². The summed E-state index contributed by atoms with van der Waals surface area (Å²) >= 11 is 25.5. The molecule has 1 aliphatic carbocycles. The summed E-state index contributed by atoms with van der Waals surface area (Å²) in [6, 6.07) is 31.4. The van der Waals surface area contributed by atoms with E-state index in [0.717, 1.165) is 50.6 Å². The van der Waals surface area contributed by atoms with Gasteiger partial charge in [0.1, 0.15) is 5.69 Å². The normalized spacial score (nSPS) is 13.4. The third-order valence-corrected chi connectivity index (χ3v) is 16.5. The predicted molar refractivity (Wildman–Crippen MR) is 320 cm³/mol. The summed E-state index contributed by atoms with van der Waals surface area (Å²) in [5.41, 5.74) is 15.8. The minimum atomic E-state index is -3.95. The zero-order chi connectivity index (χ0) is 57.3. The molecule has 26 heteroatoms. The van der Waals surface area contributed by atoms with Crippen molar-refractivity contribution < 1.29 is 31.2 Å². The standard InChI is InChI=1S/C32H21Cl4N9O7S4.C22H22N2/c33-27(34)29(46)39-22-3-1-2-21-25(22)23(42-40-17-4-8-19(9-5-17)55(48,49)44-31-37-12-14-53-31)16-24(26(21)52-30(47)28(35)36)43-41-18-6-10-20(11-7-18)56(50,51)45-32-38-13-15-54-32;1-14-5-4-6-17(11-14)22(18-7-9-20(23)15(2)12-18)19-8-10-21(24)16(3)13-19/h1-16,27-28H,(H,37,44)(H,38,45)(H,39,46);4-13,23H,24H2,1-3H3/b;22-18-,23-20?. The number of allylic oxidation sites excluding steroid dienone is 5. The highest BCUT2D eigenvalue weighted by Crippen LogP contribution is 2.46. The molecular formula is C54H43Cl4N11O7S4. The number of amides is 1. The number of hydrogen-bond donors (Lipinski definition) is 5. The highest BCUT2D eigenvalue weighted by molar-refractivity contribution is 7.93. The van der Waals surface area contributed by atoms with E-state index in [1.54, 1.807) is 10.8 Å². The van der Waals surface area contributed by atoms with Crippen molar-refractivity contribution in [1.29, 1.82) is 5.41 Å². The van der Waals surface area contributed by atoms with Crippen molar-refractivity contribution >= 4 is 167 Å². The molecule has 0 saturated heterocycles. The van der Waals surface area contributed by atoms with Crippen molar-refractivity contribution in [2.45, 2.75) is 40.2 Å². The van der Waals surface area contributed by atoms with Crippen LogP contribution in [0.3, 0.4) is 0 Å². The molecule has 0 spiro atoms. The Morgan fingerprint density at radius 3 is 1.77 bits per heavy atom. The van der Waals surface area contributed by atoms with E-state index >= 15 is 0 Å². The Hall–Kier alpha value is -7.67. The summed E-state index contributed by atoms with van der Waals surface area (Å²) in [5.74, 6) is -2.06. The Kier molecular flexibility index (Phi) is 18.7. The van der Waals surface area contributed by atoms with Crippen LogP contribution in [-0.4, -0.2) is 54.1 Å². The lowest BCUT2D eigenvalue weighted by Gasteiger charge is -2.17. The lowest BCUT2D eigenvalue weighted by Crippen LogP contribution is -2.19. The third kappa shape index (κ3) is 14.6. The van der Waals surface area contributed by atoms with Gasteiger partial charge in [0.2, 0.25) is 4.84 Å². The van der Waals surface area contributed by atoms with Crippen LogP contribution in [0.15, 0.2) is 198 Å². The molecule has 0 aliphatic heterocycles. The fraction of sp³-hybridized carbons (Fsp3) is 0.0926. The van der Waals surface area contributed by atoms with Crippen LogP contribution in [0.4, 0.5) is 44.4 Å². The molecule has 9 rings (SSSR count). The number of carbonyl (C=O) groups is 2. The molecule has 0 radical (unpaired) electrons. The Labute approximate surface area is 487 Å². The van der Waals surface area contributed by atoms with Crippen LogP contribution in [0, 0.1) is 19.3 Å². The maximum absolute atomic E-state index is 12.8. The van der Waals surface area contributed by atoms with E-state index in [-0.39, 0.29) is 65.0 Å². The van der Waals surface area contributed by atoms with E-state index < -0.39 is 41.6 Å². The van der Waals surface area contributed by atoms with Crippen LogP contribution >= 0.6 is 69.1 Å². The van der Waals surface area contributed by atoms with Crippen molar-refractivity contribution in [3.05, 3.63) is 190 Å². The molecule has 80 heavy (non-hydrogen) atoms. The number of azo groups is 2. The number of thiazole rings is 2. The van der Waals surface area contributed by atoms with E-state index in [9.17, 15) is 26.4 Å². The van der Waals surface area contributed by atoms with Gasteiger partial charge in [0.15, 0.2) is 20.8 Å². The maximum atomic E-state index is 12.8. The number of benzene rings is 6. The first-order chi connectivity index (χ1) is 38.1. The molecule has 6 aromatic carbocycles. The summed E-state index contributed by atoms with van der Waals surface area (Å²) in [5, 5.41) is 31.6. The van der Waals surface area contributed by atoms with Crippen molar-refractivity contribution in [1.82, 2.24) is 9.97 Å². The van der Waals surface area contributed by atoms with Crippen molar-refractivity contribution in [2.24, 2.45) is 20.5 Å². The Morgan fingerprint density at radius 2 is 1.25 bits per heavy atom. The van der Waals surface area contributed by atoms with E-state index in [2.05, 4.69) is 94.6 Å². The largest absolute Gasteiger partial charge is 0.421 e. The number of rotatable bonds is 16. The summed E-state index contributed by atoms with van der Waals surface area (Å²) in [6.45, 7) is 6.12. The van der Waals surface area contributed by atoms with Crippen molar-refractivity contribution in [3.8, 4) is 5.75 Å². The fourth-order valence-electron chi connectivity index (χ4n) is 7.57. The Balaban J connectivity index is 0.000000291. The molecule has 2 heterocycles. The second kappa shape index (κ2) is 25.6. The summed E-state index contributed by atoms with van der Waals surface area (Å²) in [6.07, 6.45) is 8.90. The van der Waals surface area contributed by atoms with Crippen LogP contribution in [0.5, 0.6) is 5.75 Å². The number of sulfonamides is 2. The highest BCUT2D eigenvalue weighted by atomic mass is 35.5. The first kappa shape index (κ1) is 58.5. The number of nitrogens with zero attached hydrogens (tertiary/aromatic N) is 6. The number of nitrogens with two attached hydrogens (primary N) is 1. The molecule has 0 bridgehead atoms. The van der Waals surface area contributed by atoms with Crippen LogP contribution in [0.1, 0.15) is 29.2 Å². The average Bonchev–Trinajstić information content (AvgIpc) is 4.15. The number of nitrogen functional groups attached to an aromatic ring is 1. The van der Waals surface area contributed by atoms with Gasteiger partial charge in [-0.25, -0.2) is 31.6 Å². The van der Waals surface area contributed by atoms with Gasteiger partial charge < -0.3 is 21.2 Å². The number of halogens is 4. The first-order valence-electron chi connectivity index (χ1n) is 23.4. The van der Waals surface area contributed by atoms with Gasteiger partial charge in [-0.1, -0.05) is 101 Å². The fourth-order valence-corrected chi connectivity index (χ4v) is 11.3. The van der Waals surface area contributed by atoms with Gasteiger partial charge in [0.05, 0.1) is 38.3 Å². The number of nitrogens with one attached hydrogen (secondary N) is 4. The molecule has 8 aromatic rings. The summed E-state index contributed by atoms with van der Waals surface area (Å²) in [7, 11) is -7.91. The number of ether oxygens (including phenoxy) is 1. The van der Waals surface area contributed by atoms with E-state index in [0.29, 0.717) is 5.71 Å². The SMILES string of the molecule is CC1=C/C(=C(/c2cccc(C)c2)c2ccc(N)c(C)c2)C=CC1=N.O=C(Nc1cccc2c(OC(=O)C(Cl)Cl)c(N=Nc3ccc(S(=O)(=O)Nc4nccs4)cc3)cc(N=Nc3ccc(S(=O)(=O)Nc4nccs4)cc3)c12)C(Cl)Cl.